The van der Waals surface area contributed by atoms with Gasteiger partial charge in [-0.1, -0.05) is 23.7 Å². The number of nitrogens with one attached hydrogen (secondary N) is 1. The van der Waals surface area contributed by atoms with Crippen molar-refractivity contribution in [1.29, 1.82) is 0 Å². The van der Waals surface area contributed by atoms with Gasteiger partial charge in [0.1, 0.15) is 12.2 Å². The van der Waals surface area contributed by atoms with Gasteiger partial charge in [-0.15, -0.1) is 11.8 Å². The molecule has 0 saturated carbocycles. The number of hydrogen-bond acceptors (Lipinski definition) is 3. The highest BCUT2D eigenvalue weighted by Gasteiger charge is 2.01. The minimum atomic E-state index is 0.754. The average Bonchev–Trinajstić information content (AvgIpc) is 2.69. The lowest BCUT2D eigenvalue weighted by atomic mass is 10.4. The molecule has 14 heavy (non-hydrogen) atoms. The molecule has 3 nitrogen and oxygen atoms in total. The first-order valence-electron chi connectivity index (χ1n) is 4.08. The van der Waals surface area contributed by atoms with E-state index in [-0.39, 0.29) is 0 Å². The zero-order chi connectivity index (χ0) is 9.80. The van der Waals surface area contributed by atoms with Crippen molar-refractivity contribution in [1.82, 2.24) is 15.2 Å². The monoisotopic (exact) mass is 225 g/mol. The van der Waals surface area contributed by atoms with Gasteiger partial charge < -0.3 is 0 Å². The second kappa shape index (κ2) is 4.48. The number of rotatable bonds is 3. The van der Waals surface area contributed by atoms with Crippen LogP contribution in [-0.2, 0) is 5.75 Å². The van der Waals surface area contributed by atoms with Crippen LogP contribution >= 0.6 is 23.4 Å². The molecule has 0 spiro atoms. The molecule has 0 amide bonds. The summed E-state index contributed by atoms with van der Waals surface area (Å²) in [7, 11) is 0. The summed E-state index contributed by atoms with van der Waals surface area (Å²) in [5.41, 5.74) is 0. The average molecular weight is 226 g/mol. The molecule has 0 unspecified atom stereocenters. The third-order valence-corrected chi connectivity index (χ3v) is 3.19. The Morgan fingerprint density at radius 1 is 1.36 bits per heavy atom. The van der Waals surface area contributed by atoms with E-state index in [2.05, 4.69) is 15.2 Å². The Morgan fingerprint density at radius 2 is 2.21 bits per heavy atom. The van der Waals surface area contributed by atoms with Crippen molar-refractivity contribution in [2.75, 3.05) is 0 Å². The second-order valence-corrected chi connectivity index (χ2v) is 4.08. The summed E-state index contributed by atoms with van der Waals surface area (Å²) >= 11 is 7.64. The molecule has 72 valence electrons. The lowest BCUT2D eigenvalue weighted by Gasteiger charge is -2.00. The molecule has 0 fully saturated rings. The Morgan fingerprint density at radius 3 is 2.93 bits per heavy atom. The lowest BCUT2D eigenvalue weighted by Crippen LogP contribution is -1.83. The SMILES string of the molecule is Clc1ccccc1SCc1ncn[nH]1. The molecule has 0 bridgehead atoms. The largest absolute Gasteiger partial charge is 0.263 e. The zero-order valence-electron chi connectivity index (χ0n) is 7.27. The summed E-state index contributed by atoms with van der Waals surface area (Å²) in [6.07, 6.45) is 1.50. The number of thioether (sulfide) groups is 1. The number of H-pyrrole nitrogens is 1. The number of hydrogen-bond donors (Lipinski definition) is 1. The Hall–Kier alpha value is -1.00. The molecule has 5 heteroatoms. The van der Waals surface area contributed by atoms with Crippen molar-refractivity contribution in [2.24, 2.45) is 0 Å². The van der Waals surface area contributed by atoms with Gasteiger partial charge in [-0.3, -0.25) is 5.10 Å². The fourth-order valence-electron chi connectivity index (χ4n) is 1.01. The molecular weight excluding hydrogens is 218 g/mol. The first-order valence-corrected chi connectivity index (χ1v) is 5.44. The maximum atomic E-state index is 6.00. The van der Waals surface area contributed by atoms with E-state index >= 15 is 0 Å². The standard InChI is InChI=1S/C9H8ClN3S/c10-7-3-1-2-4-8(7)14-5-9-11-6-12-13-9/h1-4,6H,5H2,(H,11,12,13). The van der Waals surface area contributed by atoms with E-state index in [1.54, 1.807) is 11.8 Å². The number of aromatic nitrogens is 3. The van der Waals surface area contributed by atoms with Gasteiger partial charge in [0.25, 0.3) is 0 Å². The quantitative estimate of drug-likeness (QED) is 0.817. The van der Waals surface area contributed by atoms with Crippen LogP contribution < -0.4 is 0 Å². The summed E-state index contributed by atoms with van der Waals surface area (Å²) in [6, 6.07) is 7.75. The van der Waals surface area contributed by atoms with Crippen molar-refractivity contribution < 1.29 is 0 Å². The van der Waals surface area contributed by atoms with Crippen molar-refractivity contribution in [3.8, 4) is 0 Å². The van der Waals surface area contributed by atoms with E-state index in [4.69, 9.17) is 11.6 Å². The van der Waals surface area contributed by atoms with Gasteiger partial charge in [0, 0.05) is 4.90 Å². The van der Waals surface area contributed by atoms with Crippen LogP contribution in [0.4, 0.5) is 0 Å². The van der Waals surface area contributed by atoms with Crippen LogP contribution in [-0.4, -0.2) is 15.2 Å². The van der Waals surface area contributed by atoms with E-state index in [0.29, 0.717) is 0 Å². The first kappa shape index (κ1) is 9.55. The molecule has 0 atom stereocenters. The highest BCUT2D eigenvalue weighted by atomic mass is 35.5. The molecule has 2 aromatic rings. The molecular formula is C9H8ClN3S. The van der Waals surface area contributed by atoms with Gasteiger partial charge in [-0.2, -0.15) is 5.10 Å². The summed E-state index contributed by atoms with van der Waals surface area (Å²) in [6.45, 7) is 0. The molecule has 0 saturated heterocycles. The van der Waals surface area contributed by atoms with Crippen LogP contribution in [0.2, 0.25) is 5.02 Å². The van der Waals surface area contributed by atoms with Gasteiger partial charge in [-0.05, 0) is 12.1 Å². The number of nitrogens with zero attached hydrogens (tertiary/aromatic N) is 2. The van der Waals surface area contributed by atoms with Crippen LogP contribution in [0.5, 0.6) is 0 Å². The van der Waals surface area contributed by atoms with Crippen LogP contribution in [0.3, 0.4) is 0 Å². The molecule has 0 radical (unpaired) electrons. The van der Waals surface area contributed by atoms with Crippen molar-refractivity contribution >= 4 is 23.4 Å². The summed E-state index contributed by atoms with van der Waals surface area (Å²) in [5, 5.41) is 7.35. The molecule has 0 aliphatic carbocycles. The van der Waals surface area contributed by atoms with E-state index in [0.717, 1.165) is 21.5 Å². The first-order chi connectivity index (χ1) is 6.86. The predicted octanol–water partition coefficient (Wildman–Crippen LogP) is 2.75. The van der Waals surface area contributed by atoms with Gasteiger partial charge in [0.2, 0.25) is 0 Å². The molecule has 1 aromatic heterocycles. The normalized spacial score (nSPS) is 10.4. The molecule has 0 aliphatic rings. The van der Waals surface area contributed by atoms with Gasteiger partial charge in [0.15, 0.2) is 0 Å². The fraction of sp³-hybridized carbons (Fsp3) is 0.111. The van der Waals surface area contributed by atoms with Crippen LogP contribution in [0.15, 0.2) is 35.5 Å². The van der Waals surface area contributed by atoms with E-state index < -0.39 is 0 Å². The van der Waals surface area contributed by atoms with Crippen LogP contribution in [0.1, 0.15) is 5.82 Å². The maximum absolute atomic E-state index is 6.00. The molecule has 0 aliphatic heterocycles. The highest BCUT2D eigenvalue weighted by molar-refractivity contribution is 7.98. The lowest BCUT2D eigenvalue weighted by molar-refractivity contribution is 1.02. The van der Waals surface area contributed by atoms with Crippen LogP contribution in [0, 0.1) is 0 Å². The molecule has 2 rings (SSSR count). The van der Waals surface area contributed by atoms with Crippen LogP contribution in [0.25, 0.3) is 0 Å². The second-order valence-electron chi connectivity index (χ2n) is 2.65. The molecule has 1 aromatic carbocycles. The number of aromatic amines is 1. The van der Waals surface area contributed by atoms with E-state index in [1.807, 2.05) is 24.3 Å². The van der Waals surface area contributed by atoms with Crippen molar-refractivity contribution in [3.63, 3.8) is 0 Å². The molecule has 1 N–H and O–H groups in total. The number of benzene rings is 1. The summed E-state index contributed by atoms with van der Waals surface area (Å²) in [4.78, 5) is 5.09. The smallest absolute Gasteiger partial charge is 0.137 e. The third kappa shape index (κ3) is 2.27. The molecule has 1 heterocycles. The Kier molecular flexibility index (Phi) is 3.06. The maximum Gasteiger partial charge on any atom is 0.137 e. The van der Waals surface area contributed by atoms with Gasteiger partial charge in [0.05, 0.1) is 10.8 Å². The Bertz CT molecular complexity index is 402. The van der Waals surface area contributed by atoms with E-state index in [1.165, 1.54) is 6.33 Å². The number of halogens is 1. The zero-order valence-corrected chi connectivity index (χ0v) is 8.85. The van der Waals surface area contributed by atoms with Gasteiger partial charge >= 0.3 is 0 Å². The third-order valence-electron chi connectivity index (χ3n) is 1.67. The van der Waals surface area contributed by atoms with Crippen molar-refractivity contribution in [3.05, 3.63) is 41.4 Å². The predicted molar refractivity (Wildman–Crippen MR) is 57.4 cm³/mol. The highest BCUT2D eigenvalue weighted by Crippen LogP contribution is 2.28. The topological polar surface area (TPSA) is 41.6 Å². The Labute approximate surface area is 90.9 Å². The summed E-state index contributed by atoms with van der Waals surface area (Å²) in [5.74, 6) is 1.61. The van der Waals surface area contributed by atoms with Gasteiger partial charge in [-0.25, -0.2) is 4.98 Å². The Balaban J connectivity index is 2.02. The summed E-state index contributed by atoms with van der Waals surface area (Å²) < 4.78 is 0. The minimum absolute atomic E-state index is 0.754. The van der Waals surface area contributed by atoms with Crippen molar-refractivity contribution in [2.45, 2.75) is 10.6 Å². The van der Waals surface area contributed by atoms with E-state index in [9.17, 15) is 0 Å². The minimum Gasteiger partial charge on any atom is -0.263 e. The fourth-order valence-corrected chi connectivity index (χ4v) is 2.12.